The molecule has 114 valence electrons. The predicted octanol–water partition coefficient (Wildman–Crippen LogP) is 1.81. The molecule has 1 aliphatic heterocycles. The first kappa shape index (κ1) is 15.5. The lowest BCUT2D eigenvalue weighted by Crippen LogP contribution is -2.31. The summed E-state index contributed by atoms with van der Waals surface area (Å²) in [5.74, 6) is 0.587. The molecule has 1 aliphatic rings. The molecule has 1 unspecified atom stereocenters. The largest absolute Gasteiger partial charge is 0.390 e. The fourth-order valence-electron chi connectivity index (χ4n) is 2.72. The Balaban J connectivity index is 2.27. The zero-order valence-corrected chi connectivity index (χ0v) is 13.1. The maximum Gasteiger partial charge on any atom is 0.244 e. The first-order valence-corrected chi connectivity index (χ1v) is 8.73. The van der Waals surface area contributed by atoms with Crippen molar-refractivity contribution < 1.29 is 13.5 Å². The third kappa shape index (κ3) is 3.07. The zero-order valence-electron chi connectivity index (χ0n) is 12.2. The summed E-state index contributed by atoms with van der Waals surface area (Å²) in [5.41, 5.74) is 0.647. The Morgan fingerprint density at radius 3 is 2.70 bits per heavy atom. The van der Waals surface area contributed by atoms with Crippen molar-refractivity contribution in [2.75, 3.05) is 13.1 Å². The number of hydrogen-bond acceptors (Lipinski definition) is 3. The number of nitrogens with zero attached hydrogens (tertiary/aromatic N) is 2. The molecule has 0 amide bonds. The van der Waals surface area contributed by atoms with Gasteiger partial charge in [-0.25, -0.2) is 8.42 Å². The number of aliphatic hydroxyl groups excluding tert-OH is 1. The van der Waals surface area contributed by atoms with E-state index in [1.54, 1.807) is 21.1 Å². The molecule has 2 rings (SSSR count). The third-order valence-electron chi connectivity index (χ3n) is 4.08. The summed E-state index contributed by atoms with van der Waals surface area (Å²) in [5, 5.41) is 9.29. The average Bonchev–Trinajstić information content (AvgIpc) is 2.74. The van der Waals surface area contributed by atoms with Gasteiger partial charge >= 0.3 is 0 Å². The highest BCUT2D eigenvalue weighted by atomic mass is 32.2. The van der Waals surface area contributed by atoms with Crippen LogP contribution >= 0.6 is 0 Å². The van der Waals surface area contributed by atoms with E-state index in [1.807, 2.05) is 6.92 Å². The minimum absolute atomic E-state index is 0.138. The molecule has 2 heterocycles. The summed E-state index contributed by atoms with van der Waals surface area (Å²) in [6.45, 7) is 5.81. The molecule has 1 saturated heterocycles. The summed E-state index contributed by atoms with van der Waals surface area (Å²) >= 11 is 0. The lowest BCUT2D eigenvalue weighted by atomic mass is 10.0. The van der Waals surface area contributed by atoms with Crippen LogP contribution in [0.3, 0.4) is 0 Å². The van der Waals surface area contributed by atoms with Crippen molar-refractivity contribution in [1.29, 1.82) is 0 Å². The van der Waals surface area contributed by atoms with Crippen LogP contribution in [0.25, 0.3) is 0 Å². The first-order chi connectivity index (χ1) is 9.48. The smallest absolute Gasteiger partial charge is 0.244 e. The number of aromatic nitrogens is 1. The second-order valence-electron chi connectivity index (χ2n) is 5.55. The molecular weight excluding hydrogens is 276 g/mol. The Morgan fingerprint density at radius 1 is 1.35 bits per heavy atom. The predicted molar refractivity (Wildman–Crippen MR) is 77.8 cm³/mol. The SMILES string of the molecule is CCn1cc(S(=O)(=O)N2CCCC(C)CC2)cc1CO. The number of aliphatic hydroxyl groups is 1. The van der Waals surface area contributed by atoms with Crippen LogP contribution in [0.5, 0.6) is 0 Å². The minimum atomic E-state index is -3.43. The minimum Gasteiger partial charge on any atom is -0.390 e. The summed E-state index contributed by atoms with van der Waals surface area (Å²) < 4.78 is 28.7. The van der Waals surface area contributed by atoms with Gasteiger partial charge in [0.1, 0.15) is 4.90 Å². The van der Waals surface area contributed by atoms with Crippen LogP contribution in [0, 0.1) is 5.92 Å². The molecule has 1 aromatic rings. The number of hydrogen-bond donors (Lipinski definition) is 1. The monoisotopic (exact) mass is 300 g/mol. The van der Waals surface area contributed by atoms with E-state index in [1.165, 1.54) is 0 Å². The van der Waals surface area contributed by atoms with E-state index in [2.05, 4.69) is 6.92 Å². The van der Waals surface area contributed by atoms with Gasteiger partial charge in [0.05, 0.1) is 6.61 Å². The standard InChI is InChI=1S/C14H24N2O3S/c1-3-15-10-14(9-13(15)11-17)20(18,19)16-7-4-5-12(2)6-8-16/h9-10,12,17H,3-8,11H2,1-2H3. The fraction of sp³-hybridized carbons (Fsp3) is 0.714. The topological polar surface area (TPSA) is 62.5 Å². The van der Waals surface area contributed by atoms with E-state index >= 15 is 0 Å². The van der Waals surface area contributed by atoms with Crippen LogP contribution < -0.4 is 0 Å². The zero-order chi connectivity index (χ0) is 14.8. The Morgan fingerprint density at radius 2 is 2.10 bits per heavy atom. The van der Waals surface area contributed by atoms with E-state index < -0.39 is 10.0 Å². The van der Waals surface area contributed by atoms with E-state index in [0.29, 0.717) is 36.1 Å². The van der Waals surface area contributed by atoms with Crippen molar-refractivity contribution in [2.24, 2.45) is 5.92 Å². The summed E-state index contributed by atoms with van der Waals surface area (Å²) in [7, 11) is -3.43. The molecule has 0 aromatic carbocycles. The molecule has 1 aromatic heterocycles. The van der Waals surface area contributed by atoms with Crippen LogP contribution in [0.15, 0.2) is 17.2 Å². The average molecular weight is 300 g/mol. The second-order valence-corrected chi connectivity index (χ2v) is 7.49. The number of rotatable bonds is 4. The normalized spacial score (nSPS) is 21.9. The molecule has 0 bridgehead atoms. The van der Waals surface area contributed by atoms with Crippen molar-refractivity contribution >= 4 is 10.0 Å². The molecule has 0 saturated carbocycles. The maximum absolute atomic E-state index is 12.7. The summed E-state index contributed by atoms with van der Waals surface area (Å²) in [6, 6.07) is 1.59. The molecule has 6 heteroatoms. The van der Waals surface area contributed by atoms with Crippen molar-refractivity contribution in [3.8, 4) is 0 Å². The quantitative estimate of drug-likeness (QED) is 0.922. The van der Waals surface area contributed by atoms with Gasteiger partial charge in [0.15, 0.2) is 0 Å². The highest BCUT2D eigenvalue weighted by Gasteiger charge is 2.28. The van der Waals surface area contributed by atoms with Gasteiger partial charge < -0.3 is 9.67 Å². The fourth-order valence-corrected chi connectivity index (χ4v) is 4.28. The third-order valence-corrected chi connectivity index (χ3v) is 5.94. The number of aryl methyl sites for hydroxylation is 1. The van der Waals surface area contributed by atoms with Gasteiger partial charge in [0.25, 0.3) is 0 Å². The van der Waals surface area contributed by atoms with Crippen molar-refractivity contribution in [3.63, 3.8) is 0 Å². The van der Waals surface area contributed by atoms with Crippen LogP contribution in [0.1, 0.15) is 38.8 Å². The second kappa shape index (κ2) is 6.28. The molecule has 0 radical (unpaired) electrons. The van der Waals surface area contributed by atoms with E-state index in [4.69, 9.17) is 0 Å². The molecule has 1 atom stereocenters. The highest BCUT2D eigenvalue weighted by molar-refractivity contribution is 7.89. The Kier molecular flexibility index (Phi) is 4.88. The Hall–Kier alpha value is -0.850. The number of sulfonamides is 1. The molecule has 5 nitrogen and oxygen atoms in total. The molecule has 20 heavy (non-hydrogen) atoms. The van der Waals surface area contributed by atoms with Gasteiger partial charge in [-0.15, -0.1) is 0 Å². The van der Waals surface area contributed by atoms with Gasteiger partial charge in [-0.2, -0.15) is 4.31 Å². The van der Waals surface area contributed by atoms with Gasteiger partial charge in [-0.05, 0) is 38.2 Å². The molecule has 0 spiro atoms. The van der Waals surface area contributed by atoms with Gasteiger partial charge in [-0.1, -0.05) is 6.92 Å². The Bertz CT molecular complexity index is 529. The van der Waals surface area contributed by atoms with Crippen LogP contribution in [0.2, 0.25) is 0 Å². The first-order valence-electron chi connectivity index (χ1n) is 7.29. The van der Waals surface area contributed by atoms with Crippen LogP contribution in [-0.2, 0) is 23.2 Å². The molecule has 0 aliphatic carbocycles. The maximum atomic E-state index is 12.7. The van der Waals surface area contributed by atoms with Crippen molar-refractivity contribution in [1.82, 2.24) is 8.87 Å². The highest BCUT2D eigenvalue weighted by Crippen LogP contribution is 2.24. The molecule has 1 N–H and O–H groups in total. The lowest BCUT2D eigenvalue weighted by molar-refractivity contribution is 0.271. The molecule has 1 fully saturated rings. The van der Waals surface area contributed by atoms with E-state index in [-0.39, 0.29) is 6.61 Å². The van der Waals surface area contributed by atoms with Crippen LogP contribution in [-0.4, -0.2) is 35.5 Å². The van der Waals surface area contributed by atoms with Gasteiger partial charge in [0.2, 0.25) is 10.0 Å². The Labute approximate surface area is 121 Å². The van der Waals surface area contributed by atoms with Gasteiger partial charge in [-0.3, -0.25) is 0 Å². The summed E-state index contributed by atoms with van der Waals surface area (Å²) in [6.07, 6.45) is 4.56. The van der Waals surface area contributed by atoms with E-state index in [0.717, 1.165) is 19.3 Å². The molecular formula is C14H24N2O3S. The van der Waals surface area contributed by atoms with E-state index in [9.17, 15) is 13.5 Å². The van der Waals surface area contributed by atoms with Crippen molar-refractivity contribution in [2.45, 2.75) is 51.2 Å². The lowest BCUT2D eigenvalue weighted by Gasteiger charge is -2.19. The van der Waals surface area contributed by atoms with Crippen LogP contribution in [0.4, 0.5) is 0 Å². The summed E-state index contributed by atoms with van der Waals surface area (Å²) in [4.78, 5) is 0.304. The van der Waals surface area contributed by atoms with Crippen molar-refractivity contribution in [3.05, 3.63) is 18.0 Å². The van der Waals surface area contributed by atoms with Gasteiger partial charge in [0, 0.05) is 31.5 Å².